The first-order valence-corrected chi connectivity index (χ1v) is 5.12. The SMILES string of the molecule is CCC[C@@H](N)C(=O)Nc1ccncc1C. The van der Waals surface area contributed by atoms with Crippen LogP contribution in [0.3, 0.4) is 0 Å². The summed E-state index contributed by atoms with van der Waals surface area (Å²) >= 11 is 0. The summed E-state index contributed by atoms with van der Waals surface area (Å²) in [4.78, 5) is 15.5. The van der Waals surface area contributed by atoms with Crippen LogP contribution in [0.2, 0.25) is 0 Å². The van der Waals surface area contributed by atoms with Gasteiger partial charge in [-0.05, 0) is 25.0 Å². The number of carbonyl (C=O) groups is 1. The van der Waals surface area contributed by atoms with E-state index in [1.54, 1.807) is 18.5 Å². The highest BCUT2D eigenvalue weighted by Gasteiger charge is 2.12. The van der Waals surface area contributed by atoms with Crippen molar-refractivity contribution in [2.45, 2.75) is 32.7 Å². The predicted octanol–water partition coefficient (Wildman–Crippen LogP) is 1.46. The third-order valence-electron chi connectivity index (χ3n) is 2.21. The Hall–Kier alpha value is -1.42. The zero-order valence-electron chi connectivity index (χ0n) is 9.16. The van der Waals surface area contributed by atoms with Gasteiger partial charge < -0.3 is 11.1 Å². The van der Waals surface area contributed by atoms with Crippen LogP contribution < -0.4 is 11.1 Å². The number of aromatic nitrogens is 1. The van der Waals surface area contributed by atoms with E-state index < -0.39 is 6.04 Å². The standard InChI is InChI=1S/C11H17N3O/c1-3-4-9(12)11(15)14-10-5-6-13-7-8(10)2/h5-7,9H,3-4,12H2,1-2H3,(H,13,14,15)/t9-/m1/s1. The average Bonchev–Trinajstić information content (AvgIpc) is 2.21. The smallest absolute Gasteiger partial charge is 0.241 e. The lowest BCUT2D eigenvalue weighted by Gasteiger charge is -2.12. The van der Waals surface area contributed by atoms with Crippen LogP contribution >= 0.6 is 0 Å². The molecule has 0 aliphatic carbocycles. The summed E-state index contributed by atoms with van der Waals surface area (Å²) in [6.45, 7) is 3.90. The molecule has 1 aromatic heterocycles. The van der Waals surface area contributed by atoms with Crippen LogP contribution in [0, 0.1) is 6.92 Å². The summed E-state index contributed by atoms with van der Waals surface area (Å²) in [7, 11) is 0. The summed E-state index contributed by atoms with van der Waals surface area (Å²) in [6.07, 6.45) is 4.97. The molecule has 0 fully saturated rings. The van der Waals surface area contributed by atoms with Crippen LogP contribution in [-0.4, -0.2) is 16.9 Å². The van der Waals surface area contributed by atoms with Gasteiger partial charge in [0, 0.05) is 18.1 Å². The van der Waals surface area contributed by atoms with Crippen molar-refractivity contribution in [3.05, 3.63) is 24.0 Å². The molecule has 82 valence electrons. The molecule has 0 saturated heterocycles. The van der Waals surface area contributed by atoms with E-state index in [9.17, 15) is 4.79 Å². The number of nitrogens with two attached hydrogens (primary N) is 1. The molecule has 1 heterocycles. The summed E-state index contributed by atoms with van der Waals surface area (Å²) in [6, 6.07) is 1.34. The van der Waals surface area contributed by atoms with E-state index in [4.69, 9.17) is 5.73 Å². The Labute approximate surface area is 89.9 Å². The largest absolute Gasteiger partial charge is 0.324 e. The molecule has 0 radical (unpaired) electrons. The van der Waals surface area contributed by atoms with Crippen molar-refractivity contribution in [3.8, 4) is 0 Å². The number of nitrogens with one attached hydrogen (secondary N) is 1. The number of nitrogens with zero attached hydrogens (tertiary/aromatic N) is 1. The molecule has 15 heavy (non-hydrogen) atoms. The van der Waals surface area contributed by atoms with Gasteiger partial charge in [0.25, 0.3) is 0 Å². The molecule has 1 rings (SSSR count). The molecule has 1 amide bonds. The molecule has 0 saturated carbocycles. The highest BCUT2D eigenvalue weighted by Crippen LogP contribution is 2.12. The van der Waals surface area contributed by atoms with Crippen LogP contribution in [0.15, 0.2) is 18.5 Å². The van der Waals surface area contributed by atoms with Gasteiger partial charge in [0.05, 0.1) is 6.04 Å². The van der Waals surface area contributed by atoms with Gasteiger partial charge in [0.2, 0.25) is 5.91 Å². The minimum absolute atomic E-state index is 0.133. The van der Waals surface area contributed by atoms with Crippen molar-refractivity contribution in [3.63, 3.8) is 0 Å². The summed E-state index contributed by atoms with van der Waals surface area (Å²) in [5.74, 6) is -0.133. The second-order valence-corrected chi connectivity index (χ2v) is 3.58. The molecular weight excluding hydrogens is 190 g/mol. The summed E-state index contributed by atoms with van der Waals surface area (Å²) < 4.78 is 0. The maximum absolute atomic E-state index is 11.6. The number of carbonyl (C=O) groups excluding carboxylic acids is 1. The number of hydrogen-bond donors (Lipinski definition) is 2. The van der Waals surface area contributed by atoms with Gasteiger partial charge in [-0.3, -0.25) is 9.78 Å². The van der Waals surface area contributed by atoms with Crippen molar-refractivity contribution in [2.75, 3.05) is 5.32 Å². The lowest BCUT2D eigenvalue weighted by molar-refractivity contribution is -0.117. The first-order chi connectivity index (χ1) is 7.15. The Morgan fingerprint density at radius 2 is 2.40 bits per heavy atom. The third kappa shape index (κ3) is 3.32. The molecule has 0 bridgehead atoms. The normalized spacial score (nSPS) is 12.2. The van der Waals surface area contributed by atoms with Crippen molar-refractivity contribution in [2.24, 2.45) is 5.73 Å². The van der Waals surface area contributed by atoms with Crippen LogP contribution in [-0.2, 0) is 4.79 Å². The minimum atomic E-state index is -0.428. The van der Waals surface area contributed by atoms with Crippen molar-refractivity contribution >= 4 is 11.6 Å². The van der Waals surface area contributed by atoms with Crippen molar-refractivity contribution in [1.29, 1.82) is 0 Å². The molecule has 0 aliphatic rings. The zero-order valence-corrected chi connectivity index (χ0v) is 9.16. The van der Waals surface area contributed by atoms with Gasteiger partial charge in [-0.2, -0.15) is 0 Å². The van der Waals surface area contributed by atoms with Crippen LogP contribution in [0.5, 0.6) is 0 Å². The number of anilines is 1. The second kappa shape index (κ2) is 5.46. The minimum Gasteiger partial charge on any atom is -0.324 e. The number of hydrogen-bond acceptors (Lipinski definition) is 3. The Balaban J connectivity index is 2.62. The van der Waals surface area contributed by atoms with Crippen molar-refractivity contribution in [1.82, 2.24) is 4.98 Å². The second-order valence-electron chi connectivity index (χ2n) is 3.58. The fourth-order valence-electron chi connectivity index (χ4n) is 1.28. The van der Waals surface area contributed by atoms with Gasteiger partial charge >= 0.3 is 0 Å². The monoisotopic (exact) mass is 207 g/mol. The Morgan fingerprint density at radius 1 is 1.67 bits per heavy atom. The van der Waals surface area contributed by atoms with E-state index in [0.717, 1.165) is 17.7 Å². The Morgan fingerprint density at radius 3 is 3.00 bits per heavy atom. The molecule has 1 aromatic rings. The highest BCUT2D eigenvalue weighted by molar-refractivity contribution is 5.95. The fraction of sp³-hybridized carbons (Fsp3) is 0.455. The highest BCUT2D eigenvalue weighted by atomic mass is 16.2. The lowest BCUT2D eigenvalue weighted by Crippen LogP contribution is -2.35. The van der Waals surface area contributed by atoms with E-state index in [-0.39, 0.29) is 5.91 Å². The molecule has 3 N–H and O–H groups in total. The van der Waals surface area contributed by atoms with Gasteiger partial charge in [-0.15, -0.1) is 0 Å². The van der Waals surface area contributed by atoms with Crippen LogP contribution in [0.1, 0.15) is 25.3 Å². The lowest BCUT2D eigenvalue weighted by atomic mass is 10.1. The molecule has 1 atom stereocenters. The fourth-order valence-corrected chi connectivity index (χ4v) is 1.28. The third-order valence-corrected chi connectivity index (χ3v) is 2.21. The van der Waals surface area contributed by atoms with Crippen LogP contribution in [0.25, 0.3) is 0 Å². The quantitative estimate of drug-likeness (QED) is 0.785. The molecule has 4 nitrogen and oxygen atoms in total. The molecular formula is C11H17N3O. The summed E-state index contributed by atoms with van der Waals surface area (Å²) in [5.41, 5.74) is 7.42. The predicted molar refractivity (Wildman–Crippen MR) is 60.5 cm³/mol. The maximum atomic E-state index is 11.6. The van der Waals surface area contributed by atoms with Crippen LogP contribution in [0.4, 0.5) is 5.69 Å². The zero-order chi connectivity index (χ0) is 11.3. The van der Waals surface area contributed by atoms with Crippen molar-refractivity contribution < 1.29 is 4.79 Å². The Kier molecular flexibility index (Phi) is 4.24. The van der Waals surface area contributed by atoms with E-state index in [2.05, 4.69) is 10.3 Å². The van der Waals surface area contributed by atoms with E-state index in [0.29, 0.717) is 6.42 Å². The molecule has 0 spiro atoms. The first kappa shape index (κ1) is 11.7. The molecule has 0 unspecified atom stereocenters. The molecule has 0 aliphatic heterocycles. The Bertz CT molecular complexity index is 338. The van der Waals surface area contributed by atoms with E-state index in [1.165, 1.54) is 0 Å². The van der Waals surface area contributed by atoms with E-state index >= 15 is 0 Å². The maximum Gasteiger partial charge on any atom is 0.241 e. The van der Waals surface area contributed by atoms with Gasteiger partial charge in [-0.1, -0.05) is 13.3 Å². The number of amides is 1. The molecule has 0 aromatic carbocycles. The van der Waals surface area contributed by atoms with Gasteiger partial charge in [0.1, 0.15) is 0 Å². The van der Waals surface area contributed by atoms with Gasteiger partial charge in [0.15, 0.2) is 0 Å². The number of rotatable bonds is 4. The number of aryl methyl sites for hydroxylation is 1. The first-order valence-electron chi connectivity index (χ1n) is 5.12. The van der Waals surface area contributed by atoms with E-state index in [1.807, 2.05) is 13.8 Å². The average molecular weight is 207 g/mol. The topological polar surface area (TPSA) is 68.0 Å². The number of pyridine rings is 1. The summed E-state index contributed by atoms with van der Waals surface area (Å²) in [5, 5.41) is 2.79. The molecule has 4 heteroatoms. The van der Waals surface area contributed by atoms with Gasteiger partial charge in [-0.25, -0.2) is 0 Å².